The molecule has 1 aliphatic carbocycles. The maximum Gasteiger partial charge on any atom is 0.339 e. The van der Waals surface area contributed by atoms with E-state index in [-0.39, 0.29) is 11.4 Å². The van der Waals surface area contributed by atoms with Crippen LogP contribution < -0.4 is 5.32 Å². The second kappa shape index (κ2) is 5.86. The highest BCUT2D eigenvalue weighted by molar-refractivity contribution is 5.95. The maximum atomic E-state index is 11.9. The average Bonchev–Trinajstić information content (AvgIpc) is 2.41. The van der Waals surface area contributed by atoms with E-state index in [1.807, 2.05) is 25.1 Å². The molecule has 1 fully saturated rings. The molecule has 1 saturated carbocycles. The fourth-order valence-electron chi connectivity index (χ4n) is 3.01. The average molecular weight is 275 g/mol. The predicted octanol–water partition coefficient (Wildman–Crippen LogP) is 4.16. The number of carbonyl (C=O) groups excluding carboxylic acids is 1. The smallest absolute Gasteiger partial charge is 0.339 e. The molecule has 1 unspecified atom stereocenters. The van der Waals surface area contributed by atoms with Gasteiger partial charge in [0.2, 0.25) is 0 Å². The monoisotopic (exact) mass is 275 g/mol. The van der Waals surface area contributed by atoms with E-state index in [9.17, 15) is 4.79 Å². The molecular formula is C17H25NO2. The molecule has 1 aromatic rings. The topological polar surface area (TPSA) is 38.3 Å². The third-order valence-electron chi connectivity index (χ3n) is 4.42. The number of ether oxygens (including phenoxy) is 1. The van der Waals surface area contributed by atoms with E-state index in [0.29, 0.717) is 11.6 Å². The normalized spacial score (nSPS) is 21.3. The first-order valence-electron chi connectivity index (χ1n) is 7.39. The summed E-state index contributed by atoms with van der Waals surface area (Å²) in [5, 5.41) is 3.58. The van der Waals surface area contributed by atoms with Crippen LogP contribution in [0.15, 0.2) is 18.2 Å². The van der Waals surface area contributed by atoms with Crippen molar-refractivity contribution in [3.63, 3.8) is 0 Å². The van der Waals surface area contributed by atoms with Gasteiger partial charge in [0.15, 0.2) is 0 Å². The summed E-state index contributed by atoms with van der Waals surface area (Å²) in [7, 11) is 1.43. The van der Waals surface area contributed by atoms with Crippen molar-refractivity contribution in [1.82, 2.24) is 0 Å². The first-order chi connectivity index (χ1) is 9.44. The van der Waals surface area contributed by atoms with Crippen LogP contribution in [0.5, 0.6) is 0 Å². The van der Waals surface area contributed by atoms with Crippen LogP contribution in [-0.4, -0.2) is 19.1 Å². The highest BCUT2D eigenvalue weighted by atomic mass is 16.5. The van der Waals surface area contributed by atoms with Crippen molar-refractivity contribution in [1.29, 1.82) is 0 Å². The molecule has 0 spiro atoms. The van der Waals surface area contributed by atoms with Gasteiger partial charge in [-0.3, -0.25) is 0 Å². The molecule has 0 radical (unpaired) electrons. The van der Waals surface area contributed by atoms with Gasteiger partial charge in [0.25, 0.3) is 0 Å². The lowest BCUT2D eigenvalue weighted by molar-refractivity contribution is 0.0601. The fourth-order valence-corrected chi connectivity index (χ4v) is 3.01. The van der Waals surface area contributed by atoms with E-state index in [2.05, 4.69) is 19.2 Å². The van der Waals surface area contributed by atoms with Crippen LogP contribution in [0.2, 0.25) is 0 Å². The van der Waals surface area contributed by atoms with Crippen LogP contribution in [-0.2, 0) is 4.74 Å². The van der Waals surface area contributed by atoms with E-state index < -0.39 is 0 Å². The molecule has 1 aromatic carbocycles. The molecule has 2 rings (SSSR count). The highest BCUT2D eigenvalue weighted by Gasteiger charge is 2.32. The summed E-state index contributed by atoms with van der Waals surface area (Å²) in [6.45, 7) is 6.59. The molecule has 110 valence electrons. The number of hydrogen-bond acceptors (Lipinski definition) is 3. The molecule has 0 amide bonds. The van der Waals surface area contributed by atoms with Gasteiger partial charge in [0.1, 0.15) is 0 Å². The molecule has 0 saturated heterocycles. The Morgan fingerprint density at radius 1 is 1.35 bits per heavy atom. The summed E-state index contributed by atoms with van der Waals surface area (Å²) in [6.07, 6.45) is 4.93. The zero-order valence-corrected chi connectivity index (χ0v) is 13.0. The van der Waals surface area contributed by atoms with Crippen molar-refractivity contribution < 1.29 is 9.53 Å². The van der Waals surface area contributed by atoms with Crippen molar-refractivity contribution in [3.8, 4) is 0 Å². The number of methoxy groups -OCH3 is 1. The molecular weight excluding hydrogens is 250 g/mol. The Kier molecular flexibility index (Phi) is 4.36. The summed E-state index contributed by atoms with van der Waals surface area (Å²) in [5.41, 5.74) is 2.85. The number of benzene rings is 1. The summed E-state index contributed by atoms with van der Waals surface area (Å²) < 4.78 is 4.89. The second-order valence-corrected chi connectivity index (χ2v) is 6.47. The summed E-state index contributed by atoms with van der Waals surface area (Å²) >= 11 is 0. The van der Waals surface area contributed by atoms with Gasteiger partial charge in [-0.05, 0) is 37.3 Å². The Bertz CT molecular complexity index is 494. The van der Waals surface area contributed by atoms with E-state index in [4.69, 9.17) is 4.74 Å². The fraction of sp³-hybridized carbons (Fsp3) is 0.588. The highest BCUT2D eigenvalue weighted by Crippen LogP contribution is 2.37. The largest absolute Gasteiger partial charge is 0.465 e. The van der Waals surface area contributed by atoms with Gasteiger partial charge in [-0.2, -0.15) is 0 Å². The Hall–Kier alpha value is -1.51. The number of carbonyl (C=O) groups is 1. The van der Waals surface area contributed by atoms with Gasteiger partial charge < -0.3 is 10.1 Å². The van der Waals surface area contributed by atoms with Crippen LogP contribution in [0.1, 0.15) is 55.5 Å². The third kappa shape index (κ3) is 3.14. The molecule has 0 aromatic heterocycles. The number of rotatable bonds is 3. The Morgan fingerprint density at radius 3 is 2.75 bits per heavy atom. The lowest BCUT2D eigenvalue weighted by atomic mass is 9.73. The quantitative estimate of drug-likeness (QED) is 0.842. The molecule has 3 nitrogen and oxygen atoms in total. The van der Waals surface area contributed by atoms with E-state index in [1.54, 1.807) is 0 Å². The summed E-state index contributed by atoms with van der Waals surface area (Å²) in [6, 6.07) is 6.32. The number of nitrogens with one attached hydrogen (secondary N) is 1. The number of anilines is 1. The summed E-state index contributed by atoms with van der Waals surface area (Å²) in [5.74, 6) is -0.273. The Balaban J connectivity index is 2.26. The molecule has 0 aliphatic heterocycles. The van der Waals surface area contributed by atoms with Crippen LogP contribution in [0, 0.1) is 12.3 Å². The molecule has 0 bridgehead atoms. The number of esters is 1. The molecule has 1 aliphatic rings. The minimum Gasteiger partial charge on any atom is -0.465 e. The van der Waals surface area contributed by atoms with Gasteiger partial charge in [-0.15, -0.1) is 0 Å². The van der Waals surface area contributed by atoms with Crippen LogP contribution >= 0.6 is 0 Å². The first-order valence-corrected chi connectivity index (χ1v) is 7.39. The van der Waals surface area contributed by atoms with E-state index in [1.165, 1.54) is 26.4 Å². The van der Waals surface area contributed by atoms with Gasteiger partial charge in [0, 0.05) is 11.7 Å². The van der Waals surface area contributed by atoms with Crippen LogP contribution in [0.3, 0.4) is 0 Å². The van der Waals surface area contributed by atoms with Crippen LogP contribution in [0.4, 0.5) is 5.69 Å². The predicted molar refractivity (Wildman–Crippen MR) is 82.2 cm³/mol. The van der Waals surface area contributed by atoms with Crippen molar-refractivity contribution >= 4 is 11.7 Å². The van der Waals surface area contributed by atoms with Crippen molar-refractivity contribution in [3.05, 3.63) is 29.3 Å². The molecule has 20 heavy (non-hydrogen) atoms. The Labute approximate surface area is 121 Å². The second-order valence-electron chi connectivity index (χ2n) is 6.47. The maximum absolute atomic E-state index is 11.9. The first kappa shape index (κ1) is 14.9. The molecule has 0 heterocycles. The lowest BCUT2D eigenvalue weighted by Crippen LogP contribution is -2.39. The third-order valence-corrected chi connectivity index (χ3v) is 4.42. The SMILES string of the molecule is COC(=O)c1cc(C)ccc1NC1CCCCC1(C)C. The number of hydrogen-bond donors (Lipinski definition) is 1. The van der Waals surface area contributed by atoms with Gasteiger partial charge in [-0.25, -0.2) is 4.79 Å². The summed E-state index contributed by atoms with van der Waals surface area (Å²) in [4.78, 5) is 11.9. The van der Waals surface area contributed by atoms with Gasteiger partial charge in [0.05, 0.1) is 12.7 Å². The van der Waals surface area contributed by atoms with Crippen LogP contribution in [0.25, 0.3) is 0 Å². The molecule has 1 atom stereocenters. The van der Waals surface area contributed by atoms with Gasteiger partial charge in [-0.1, -0.05) is 38.3 Å². The Morgan fingerprint density at radius 2 is 2.10 bits per heavy atom. The standard InChI is InChI=1S/C17H25NO2/c1-12-8-9-14(13(11-12)16(19)20-4)18-15-7-5-6-10-17(15,2)3/h8-9,11,15,18H,5-7,10H2,1-4H3. The van der Waals surface area contributed by atoms with Crippen molar-refractivity contribution in [2.75, 3.05) is 12.4 Å². The van der Waals surface area contributed by atoms with Crippen molar-refractivity contribution in [2.45, 2.75) is 52.5 Å². The van der Waals surface area contributed by atoms with Gasteiger partial charge >= 0.3 is 5.97 Å². The number of aryl methyl sites for hydroxylation is 1. The molecule has 1 N–H and O–H groups in total. The zero-order chi connectivity index (χ0) is 14.8. The minimum absolute atomic E-state index is 0.260. The van der Waals surface area contributed by atoms with Crippen molar-refractivity contribution in [2.24, 2.45) is 5.41 Å². The lowest BCUT2D eigenvalue weighted by Gasteiger charge is -2.40. The minimum atomic E-state index is -0.273. The van der Waals surface area contributed by atoms with E-state index in [0.717, 1.165) is 17.7 Å². The zero-order valence-electron chi connectivity index (χ0n) is 13.0. The molecule has 3 heteroatoms. The van der Waals surface area contributed by atoms with E-state index >= 15 is 0 Å².